The molecule has 0 fully saturated rings. The number of nitrogens with zero attached hydrogens (tertiary/aromatic N) is 1. The maximum atomic E-state index is 13.7. The molecular weight excluding hydrogens is 268 g/mol. The molecule has 0 amide bonds. The van der Waals surface area contributed by atoms with E-state index >= 15 is 0 Å². The van der Waals surface area contributed by atoms with Gasteiger partial charge in [0.1, 0.15) is 0 Å². The highest BCUT2D eigenvalue weighted by Gasteiger charge is 2.14. The zero-order valence-electron chi connectivity index (χ0n) is 10.7. The molecule has 3 nitrogen and oxygen atoms in total. The van der Waals surface area contributed by atoms with E-state index in [-0.39, 0.29) is 17.7 Å². The third-order valence-electron chi connectivity index (χ3n) is 2.60. The second-order valence-electron chi connectivity index (χ2n) is 4.06. The fourth-order valence-electron chi connectivity index (χ4n) is 1.67. The van der Waals surface area contributed by atoms with Crippen molar-refractivity contribution in [3.05, 3.63) is 40.1 Å². The number of anilines is 2. The van der Waals surface area contributed by atoms with E-state index in [0.29, 0.717) is 6.54 Å². The van der Waals surface area contributed by atoms with Crippen molar-refractivity contribution in [2.45, 2.75) is 19.9 Å². The van der Waals surface area contributed by atoms with Gasteiger partial charge < -0.3 is 10.6 Å². The Bertz CT molecular complexity index is 543. The number of pyridine rings is 1. The van der Waals surface area contributed by atoms with Crippen LogP contribution in [0.4, 0.5) is 20.4 Å². The van der Waals surface area contributed by atoms with Crippen molar-refractivity contribution in [2.24, 2.45) is 0 Å². The van der Waals surface area contributed by atoms with Crippen LogP contribution in [0.2, 0.25) is 0 Å². The molecule has 102 valence electrons. The van der Waals surface area contributed by atoms with E-state index in [1.807, 2.05) is 31.4 Å². The van der Waals surface area contributed by atoms with Crippen LogP contribution in [0.25, 0.3) is 0 Å². The van der Waals surface area contributed by atoms with Crippen LogP contribution in [-0.2, 0) is 0 Å². The van der Waals surface area contributed by atoms with E-state index in [9.17, 15) is 8.78 Å². The molecule has 0 aliphatic heterocycles. The quantitative estimate of drug-likeness (QED) is 0.870. The van der Waals surface area contributed by atoms with E-state index in [0.717, 1.165) is 10.9 Å². The summed E-state index contributed by atoms with van der Waals surface area (Å²) in [5.74, 6) is -1.26. The predicted octanol–water partition coefficient (Wildman–Crippen LogP) is 4.03. The van der Waals surface area contributed by atoms with Gasteiger partial charge in [-0.3, -0.25) is 0 Å². The lowest BCUT2D eigenvalue weighted by molar-refractivity contribution is 0.576. The molecule has 1 unspecified atom stereocenters. The van der Waals surface area contributed by atoms with Gasteiger partial charge >= 0.3 is 0 Å². The molecule has 0 bridgehead atoms. The molecule has 0 saturated heterocycles. The Hall–Kier alpha value is -1.69. The van der Waals surface area contributed by atoms with Crippen molar-refractivity contribution < 1.29 is 8.78 Å². The fraction of sp³-hybridized carbons (Fsp3) is 0.308. The monoisotopic (exact) mass is 283 g/mol. The molecule has 2 rings (SSSR count). The maximum absolute atomic E-state index is 13.7. The molecule has 0 saturated carbocycles. The molecular formula is C13H15F2N3S. The summed E-state index contributed by atoms with van der Waals surface area (Å²) in [6, 6.07) is 4.64. The summed E-state index contributed by atoms with van der Waals surface area (Å²) in [6.07, 6.45) is 0. The zero-order chi connectivity index (χ0) is 13.8. The van der Waals surface area contributed by atoms with Gasteiger partial charge in [-0.1, -0.05) is 6.07 Å². The van der Waals surface area contributed by atoms with Crippen molar-refractivity contribution in [3.8, 4) is 0 Å². The van der Waals surface area contributed by atoms with Crippen LogP contribution < -0.4 is 10.6 Å². The normalized spacial score (nSPS) is 12.2. The van der Waals surface area contributed by atoms with Crippen LogP contribution in [0.3, 0.4) is 0 Å². The first kappa shape index (κ1) is 13.7. The standard InChI is InChI=1S/C13H15F2N3S/c1-3-16-12-9(14)7-10(15)13(18-12)17-8(2)11-5-4-6-19-11/h4-8H,3H2,1-2H3,(H2,16,17,18). The van der Waals surface area contributed by atoms with Crippen LogP contribution in [0.15, 0.2) is 23.6 Å². The number of rotatable bonds is 5. The molecule has 2 heterocycles. The summed E-state index contributed by atoms with van der Waals surface area (Å²) in [6.45, 7) is 4.25. The smallest absolute Gasteiger partial charge is 0.168 e. The van der Waals surface area contributed by atoms with Gasteiger partial charge in [-0.2, -0.15) is 0 Å². The third-order valence-corrected chi connectivity index (χ3v) is 3.65. The predicted molar refractivity (Wildman–Crippen MR) is 74.7 cm³/mol. The summed E-state index contributed by atoms with van der Waals surface area (Å²) < 4.78 is 27.1. The minimum absolute atomic E-state index is 0.0539. The largest absolute Gasteiger partial charge is 0.368 e. The van der Waals surface area contributed by atoms with Crippen molar-refractivity contribution in [3.63, 3.8) is 0 Å². The third kappa shape index (κ3) is 3.20. The summed E-state index contributed by atoms with van der Waals surface area (Å²) >= 11 is 1.57. The molecule has 0 radical (unpaired) electrons. The maximum Gasteiger partial charge on any atom is 0.168 e. The van der Waals surface area contributed by atoms with Gasteiger partial charge in [0, 0.05) is 17.5 Å². The summed E-state index contributed by atoms with van der Waals surface area (Å²) in [4.78, 5) is 5.01. The first-order chi connectivity index (χ1) is 9.11. The van der Waals surface area contributed by atoms with E-state index < -0.39 is 11.6 Å². The van der Waals surface area contributed by atoms with Crippen LogP contribution in [-0.4, -0.2) is 11.5 Å². The van der Waals surface area contributed by atoms with Gasteiger partial charge in [-0.05, 0) is 25.3 Å². The minimum atomic E-state index is -0.692. The van der Waals surface area contributed by atoms with E-state index in [1.165, 1.54) is 0 Å². The van der Waals surface area contributed by atoms with Crippen LogP contribution >= 0.6 is 11.3 Å². The Balaban J connectivity index is 2.22. The van der Waals surface area contributed by atoms with E-state index in [4.69, 9.17) is 0 Å². The van der Waals surface area contributed by atoms with Crippen LogP contribution in [0.5, 0.6) is 0 Å². The number of hydrogen-bond donors (Lipinski definition) is 2. The number of halogens is 2. The average Bonchev–Trinajstić information content (AvgIpc) is 2.89. The minimum Gasteiger partial charge on any atom is -0.368 e. The molecule has 2 aromatic rings. The Morgan fingerprint density at radius 3 is 2.68 bits per heavy atom. The molecule has 2 aromatic heterocycles. The Morgan fingerprint density at radius 1 is 1.32 bits per heavy atom. The molecule has 0 aliphatic rings. The lowest BCUT2D eigenvalue weighted by Gasteiger charge is -2.15. The second kappa shape index (κ2) is 5.97. The lowest BCUT2D eigenvalue weighted by atomic mass is 10.2. The van der Waals surface area contributed by atoms with Crippen molar-refractivity contribution in [1.29, 1.82) is 0 Å². The second-order valence-corrected chi connectivity index (χ2v) is 5.04. The highest BCUT2D eigenvalue weighted by atomic mass is 32.1. The molecule has 0 aliphatic carbocycles. The first-order valence-electron chi connectivity index (χ1n) is 6.01. The number of hydrogen-bond acceptors (Lipinski definition) is 4. The fourth-order valence-corrected chi connectivity index (χ4v) is 2.41. The molecule has 0 aromatic carbocycles. The highest BCUT2D eigenvalue weighted by Crippen LogP contribution is 2.25. The van der Waals surface area contributed by atoms with Gasteiger partial charge in [-0.15, -0.1) is 11.3 Å². The SMILES string of the molecule is CCNc1nc(NC(C)c2cccs2)c(F)cc1F. The molecule has 6 heteroatoms. The van der Waals surface area contributed by atoms with Crippen molar-refractivity contribution in [1.82, 2.24) is 4.98 Å². The highest BCUT2D eigenvalue weighted by molar-refractivity contribution is 7.10. The molecule has 19 heavy (non-hydrogen) atoms. The summed E-state index contributed by atoms with van der Waals surface area (Å²) in [5, 5.41) is 7.67. The Morgan fingerprint density at radius 2 is 2.05 bits per heavy atom. The zero-order valence-corrected chi connectivity index (χ0v) is 11.5. The number of aromatic nitrogens is 1. The van der Waals surface area contributed by atoms with Gasteiger partial charge in [0.15, 0.2) is 23.3 Å². The van der Waals surface area contributed by atoms with Gasteiger partial charge in [-0.25, -0.2) is 13.8 Å². The van der Waals surface area contributed by atoms with E-state index in [1.54, 1.807) is 11.3 Å². The topological polar surface area (TPSA) is 37.0 Å². The van der Waals surface area contributed by atoms with Crippen molar-refractivity contribution >= 4 is 23.0 Å². The lowest BCUT2D eigenvalue weighted by Crippen LogP contribution is -2.11. The average molecular weight is 283 g/mol. The molecule has 2 N–H and O–H groups in total. The van der Waals surface area contributed by atoms with Gasteiger partial charge in [0.05, 0.1) is 6.04 Å². The van der Waals surface area contributed by atoms with Gasteiger partial charge in [0.25, 0.3) is 0 Å². The Kier molecular flexibility index (Phi) is 4.31. The first-order valence-corrected chi connectivity index (χ1v) is 6.89. The summed E-state index contributed by atoms with van der Waals surface area (Å²) in [7, 11) is 0. The van der Waals surface area contributed by atoms with E-state index in [2.05, 4.69) is 15.6 Å². The van der Waals surface area contributed by atoms with Crippen molar-refractivity contribution in [2.75, 3.05) is 17.2 Å². The molecule has 0 spiro atoms. The van der Waals surface area contributed by atoms with Crippen LogP contribution in [0.1, 0.15) is 24.8 Å². The molecule has 1 atom stereocenters. The summed E-state index contributed by atoms with van der Waals surface area (Å²) in [5.41, 5.74) is 0. The number of nitrogens with one attached hydrogen (secondary N) is 2. The van der Waals surface area contributed by atoms with Crippen LogP contribution in [0, 0.1) is 11.6 Å². The van der Waals surface area contributed by atoms with Gasteiger partial charge in [0.2, 0.25) is 0 Å². The number of thiophene rings is 1. The Labute approximate surface area is 114 Å².